The molecular weight excluding hydrogens is 302 g/mol. The number of rotatable bonds is 6. The van der Waals surface area contributed by atoms with Gasteiger partial charge < -0.3 is 10.0 Å². The van der Waals surface area contributed by atoms with Crippen molar-refractivity contribution in [2.75, 3.05) is 40.3 Å². The Morgan fingerprint density at radius 1 is 1.50 bits per heavy atom. The lowest BCUT2D eigenvalue weighted by molar-refractivity contribution is -0.143. The van der Waals surface area contributed by atoms with Gasteiger partial charge in [0.25, 0.3) is 0 Å². The number of carboxylic acid groups (broad SMARTS) is 1. The van der Waals surface area contributed by atoms with Crippen molar-refractivity contribution in [3.8, 4) is 0 Å². The van der Waals surface area contributed by atoms with Crippen molar-refractivity contribution in [3.63, 3.8) is 0 Å². The highest BCUT2D eigenvalue weighted by atomic mass is 32.1. The van der Waals surface area contributed by atoms with Gasteiger partial charge in [-0.1, -0.05) is 0 Å². The fourth-order valence-electron chi connectivity index (χ4n) is 2.29. The van der Waals surface area contributed by atoms with Crippen LogP contribution >= 0.6 is 11.3 Å². The minimum absolute atomic E-state index is 0.409. The number of nitrogens with zero attached hydrogens (tertiary/aromatic N) is 5. The second-order valence-electron chi connectivity index (χ2n) is 5.66. The zero-order chi connectivity index (χ0) is 16.1. The Labute approximate surface area is 134 Å². The smallest absolute Gasteiger partial charge is 0.320 e. The molecule has 0 radical (unpaired) electrons. The minimum atomic E-state index is -0.753. The average Bonchev–Trinajstić information content (AvgIpc) is 2.92. The molecule has 2 rings (SSSR count). The van der Waals surface area contributed by atoms with Crippen molar-refractivity contribution in [2.24, 2.45) is 4.99 Å². The number of hydrogen-bond acceptors (Lipinski definition) is 6. The van der Waals surface area contributed by atoms with Crippen LogP contribution < -0.4 is 0 Å². The molecule has 0 bridgehead atoms. The first kappa shape index (κ1) is 16.9. The van der Waals surface area contributed by atoms with Gasteiger partial charge in [-0.3, -0.25) is 14.6 Å². The van der Waals surface area contributed by atoms with E-state index < -0.39 is 12.0 Å². The first-order valence-corrected chi connectivity index (χ1v) is 8.18. The van der Waals surface area contributed by atoms with Crippen molar-refractivity contribution in [1.29, 1.82) is 0 Å². The molecule has 0 amide bonds. The summed E-state index contributed by atoms with van der Waals surface area (Å²) < 4.78 is 0. The number of piperazine rings is 1. The van der Waals surface area contributed by atoms with Crippen LogP contribution in [0.15, 0.2) is 10.4 Å². The van der Waals surface area contributed by atoms with E-state index in [2.05, 4.69) is 14.9 Å². The third-order valence-electron chi connectivity index (χ3n) is 3.64. The lowest BCUT2D eigenvalue weighted by atomic mass is 10.2. The van der Waals surface area contributed by atoms with E-state index in [-0.39, 0.29) is 0 Å². The SMILES string of the molecule is CC(C(=O)O)N1CCN(Cc2csc(/N=C/N(C)C)n2)CC1. The highest BCUT2D eigenvalue weighted by Crippen LogP contribution is 2.20. The van der Waals surface area contributed by atoms with Crippen LogP contribution in [-0.4, -0.2) is 83.4 Å². The van der Waals surface area contributed by atoms with Gasteiger partial charge in [0.05, 0.1) is 12.0 Å². The molecule has 1 aromatic heterocycles. The number of carboxylic acids is 1. The second kappa shape index (κ2) is 7.66. The quantitative estimate of drug-likeness (QED) is 0.620. The van der Waals surface area contributed by atoms with Crippen molar-refractivity contribution in [3.05, 3.63) is 11.1 Å². The van der Waals surface area contributed by atoms with E-state index in [1.54, 1.807) is 13.3 Å². The molecule has 1 unspecified atom stereocenters. The van der Waals surface area contributed by atoms with Crippen LogP contribution in [0.2, 0.25) is 0 Å². The highest BCUT2D eigenvalue weighted by Gasteiger charge is 2.25. The van der Waals surface area contributed by atoms with E-state index in [0.717, 1.165) is 43.5 Å². The summed E-state index contributed by atoms with van der Waals surface area (Å²) in [7, 11) is 3.85. The first-order valence-electron chi connectivity index (χ1n) is 7.30. The van der Waals surface area contributed by atoms with Gasteiger partial charge in [-0.15, -0.1) is 11.3 Å². The highest BCUT2D eigenvalue weighted by molar-refractivity contribution is 7.13. The summed E-state index contributed by atoms with van der Waals surface area (Å²) in [6.07, 6.45) is 1.74. The molecule has 122 valence electrons. The minimum Gasteiger partial charge on any atom is -0.480 e. The van der Waals surface area contributed by atoms with E-state index in [1.807, 2.05) is 29.3 Å². The van der Waals surface area contributed by atoms with Gasteiger partial charge in [-0.05, 0) is 6.92 Å². The van der Waals surface area contributed by atoms with E-state index in [4.69, 9.17) is 5.11 Å². The maximum atomic E-state index is 11.0. The molecule has 0 aliphatic carbocycles. The fourth-order valence-corrected chi connectivity index (χ4v) is 2.93. The molecule has 0 saturated carbocycles. The predicted octanol–water partition coefficient (Wildman–Crippen LogP) is 0.955. The monoisotopic (exact) mass is 325 g/mol. The van der Waals surface area contributed by atoms with Crippen LogP contribution in [0.1, 0.15) is 12.6 Å². The predicted molar refractivity (Wildman–Crippen MR) is 87.9 cm³/mol. The molecule has 1 atom stereocenters. The summed E-state index contributed by atoms with van der Waals surface area (Å²) in [5.74, 6) is -0.753. The Morgan fingerprint density at radius 2 is 2.18 bits per heavy atom. The van der Waals surface area contributed by atoms with E-state index >= 15 is 0 Å². The third-order valence-corrected chi connectivity index (χ3v) is 4.43. The number of aromatic nitrogens is 1. The molecule has 8 heteroatoms. The Hall–Kier alpha value is -1.51. The molecule has 0 aromatic carbocycles. The van der Waals surface area contributed by atoms with E-state index in [1.165, 1.54) is 11.3 Å². The van der Waals surface area contributed by atoms with Crippen LogP contribution in [0.5, 0.6) is 0 Å². The largest absolute Gasteiger partial charge is 0.480 e. The molecule has 1 aromatic rings. The van der Waals surface area contributed by atoms with Crippen LogP contribution in [0.4, 0.5) is 5.13 Å². The Morgan fingerprint density at radius 3 is 2.77 bits per heavy atom. The number of aliphatic carboxylic acids is 1. The molecular formula is C14H23N5O2S. The van der Waals surface area contributed by atoms with Gasteiger partial charge in [0.15, 0.2) is 0 Å². The van der Waals surface area contributed by atoms with Crippen LogP contribution in [-0.2, 0) is 11.3 Å². The Bertz CT molecular complexity index is 523. The molecule has 1 N–H and O–H groups in total. The van der Waals surface area contributed by atoms with Gasteiger partial charge in [-0.25, -0.2) is 9.98 Å². The topological polar surface area (TPSA) is 72.3 Å². The summed E-state index contributed by atoms with van der Waals surface area (Å²) in [4.78, 5) is 26.0. The molecule has 1 saturated heterocycles. The summed E-state index contributed by atoms with van der Waals surface area (Å²) in [6, 6.07) is -0.409. The zero-order valence-corrected chi connectivity index (χ0v) is 14.1. The van der Waals surface area contributed by atoms with Crippen molar-refractivity contribution >= 4 is 28.8 Å². The van der Waals surface area contributed by atoms with Gasteiger partial charge in [-0.2, -0.15) is 0 Å². The average molecular weight is 325 g/mol. The number of carbonyl (C=O) groups is 1. The summed E-state index contributed by atoms with van der Waals surface area (Å²) in [5.41, 5.74) is 1.02. The van der Waals surface area contributed by atoms with E-state index in [0.29, 0.717) is 0 Å². The lowest BCUT2D eigenvalue weighted by Gasteiger charge is -2.36. The summed E-state index contributed by atoms with van der Waals surface area (Å²) in [5, 5.41) is 11.8. The molecule has 22 heavy (non-hydrogen) atoms. The maximum absolute atomic E-state index is 11.0. The number of thiazole rings is 1. The van der Waals surface area contributed by atoms with Crippen LogP contribution in [0.25, 0.3) is 0 Å². The number of aliphatic imine (C=N–C) groups is 1. The van der Waals surface area contributed by atoms with Gasteiger partial charge >= 0.3 is 5.97 Å². The summed E-state index contributed by atoms with van der Waals surface area (Å²) >= 11 is 1.54. The van der Waals surface area contributed by atoms with Crippen molar-refractivity contribution in [1.82, 2.24) is 19.7 Å². The van der Waals surface area contributed by atoms with Crippen molar-refractivity contribution < 1.29 is 9.90 Å². The molecule has 2 heterocycles. The molecule has 1 aliphatic rings. The van der Waals surface area contributed by atoms with Gasteiger partial charge in [0, 0.05) is 52.2 Å². The zero-order valence-electron chi connectivity index (χ0n) is 13.3. The molecule has 7 nitrogen and oxygen atoms in total. The lowest BCUT2D eigenvalue weighted by Crippen LogP contribution is -2.51. The summed E-state index contributed by atoms with van der Waals surface area (Å²) in [6.45, 7) is 5.83. The molecule has 1 aliphatic heterocycles. The standard InChI is InChI=1S/C14H23N5O2S/c1-11(13(20)21)19-6-4-18(5-7-19)8-12-9-22-14(16-12)15-10-17(2)3/h9-11H,4-8H2,1-3H3,(H,20,21)/b15-10+. The van der Waals surface area contributed by atoms with Gasteiger partial charge in [0.2, 0.25) is 5.13 Å². The molecule has 0 spiro atoms. The fraction of sp³-hybridized carbons (Fsp3) is 0.643. The van der Waals surface area contributed by atoms with Crippen LogP contribution in [0.3, 0.4) is 0 Å². The van der Waals surface area contributed by atoms with Crippen molar-refractivity contribution in [2.45, 2.75) is 19.5 Å². The Kier molecular flexibility index (Phi) is 5.87. The number of hydrogen-bond donors (Lipinski definition) is 1. The third kappa shape index (κ3) is 4.75. The maximum Gasteiger partial charge on any atom is 0.320 e. The van der Waals surface area contributed by atoms with Crippen LogP contribution in [0, 0.1) is 0 Å². The molecule has 1 fully saturated rings. The van der Waals surface area contributed by atoms with E-state index in [9.17, 15) is 4.79 Å². The van der Waals surface area contributed by atoms with Gasteiger partial charge in [0.1, 0.15) is 6.04 Å². The normalized spacial score (nSPS) is 18.7. The second-order valence-corrected chi connectivity index (χ2v) is 6.49. The Balaban J connectivity index is 1.82. The first-order chi connectivity index (χ1) is 10.5.